The van der Waals surface area contributed by atoms with E-state index in [0.717, 1.165) is 5.56 Å². The van der Waals surface area contributed by atoms with E-state index in [0.29, 0.717) is 17.1 Å². The summed E-state index contributed by atoms with van der Waals surface area (Å²) in [5.74, 6) is -0.221. The molecule has 0 radical (unpaired) electrons. The average molecular weight is 341 g/mol. The first-order chi connectivity index (χ1) is 9.96. The minimum atomic E-state index is -1.09. The second kappa shape index (κ2) is 5.20. The Kier molecular flexibility index (Phi) is 3.64. The second-order valence-electron chi connectivity index (χ2n) is 5.12. The van der Waals surface area contributed by atoms with Crippen molar-refractivity contribution >= 4 is 46.4 Å². The molecular weight excluding hydrogens is 329 g/mol. The SMILES string of the molecule is O=C(Nc1cccc(Cl)c1)[C@]1(c2ccccc2)CC1(Cl)Cl. The van der Waals surface area contributed by atoms with E-state index in [1.165, 1.54) is 0 Å². The van der Waals surface area contributed by atoms with Crippen LogP contribution in [0.15, 0.2) is 54.6 Å². The highest BCUT2D eigenvalue weighted by Gasteiger charge is 2.72. The van der Waals surface area contributed by atoms with Gasteiger partial charge in [-0.15, -0.1) is 23.2 Å². The van der Waals surface area contributed by atoms with Crippen LogP contribution < -0.4 is 5.32 Å². The molecule has 1 amide bonds. The lowest BCUT2D eigenvalue weighted by atomic mass is 9.94. The predicted octanol–water partition coefficient (Wildman–Crippen LogP) is 4.79. The molecule has 1 atom stereocenters. The van der Waals surface area contributed by atoms with E-state index in [4.69, 9.17) is 34.8 Å². The Morgan fingerprint density at radius 3 is 2.29 bits per heavy atom. The zero-order chi connectivity index (χ0) is 15.1. The number of rotatable bonds is 3. The zero-order valence-electron chi connectivity index (χ0n) is 10.9. The van der Waals surface area contributed by atoms with Crippen molar-refractivity contribution in [2.24, 2.45) is 0 Å². The molecule has 2 aromatic rings. The fourth-order valence-electron chi connectivity index (χ4n) is 2.51. The molecule has 1 aliphatic rings. The number of anilines is 1. The highest BCUT2D eigenvalue weighted by Crippen LogP contribution is 2.65. The van der Waals surface area contributed by atoms with Crippen molar-refractivity contribution in [3.63, 3.8) is 0 Å². The van der Waals surface area contributed by atoms with Gasteiger partial charge in [0.1, 0.15) is 9.75 Å². The first kappa shape index (κ1) is 14.7. The van der Waals surface area contributed by atoms with Crippen molar-refractivity contribution in [2.45, 2.75) is 16.2 Å². The highest BCUT2D eigenvalue weighted by molar-refractivity contribution is 6.54. The Bertz CT molecular complexity index is 687. The molecular formula is C16H12Cl3NO. The highest BCUT2D eigenvalue weighted by atomic mass is 35.5. The van der Waals surface area contributed by atoms with Crippen LogP contribution >= 0.6 is 34.8 Å². The largest absolute Gasteiger partial charge is 0.325 e. The summed E-state index contributed by atoms with van der Waals surface area (Å²) in [7, 11) is 0. The van der Waals surface area contributed by atoms with Crippen LogP contribution in [0, 0.1) is 0 Å². The van der Waals surface area contributed by atoms with E-state index < -0.39 is 9.75 Å². The fraction of sp³-hybridized carbons (Fsp3) is 0.188. The molecule has 0 saturated heterocycles. The van der Waals surface area contributed by atoms with Crippen molar-refractivity contribution in [1.82, 2.24) is 0 Å². The number of halogens is 3. The molecule has 0 aromatic heterocycles. The average Bonchev–Trinajstić information content (AvgIpc) is 3.04. The molecule has 0 unspecified atom stereocenters. The topological polar surface area (TPSA) is 29.1 Å². The van der Waals surface area contributed by atoms with Gasteiger partial charge in [0.2, 0.25) is 5.91 Å². The van der Waals surface area contributed by atoms with E-state index >= 15 is 0 Å². The van der Waals surface area contributed by atoms with Gasteiger partial charge in [0.05, 0.1) is 0 Å². The van der Waals surface area contributed by atoms with Crippen molar-refractivity contribution in [3.8, 4) is 0 Å². The van der Waals surface area contributed by atoms with Gasteiger partial charge in [-0.1, -0.05) is 48.0 Å². The van der Waals surface area contributed by atoms with Gasteiger partial charge in [0.25, 0.3) is 0 Å². The quantitative estimate of drug-likeness (QED) is 0.799. The number of nitrogens with one attached hydrogen (secondary N) is 1. The molecule has 5 heteroatoms. The predicted molar refractivity (Wildman–Crippen MR) is 87.3 cm³/mol. The van der Waals surface area contributed by atoms with Gasteiger partial charge in [0, 0.05) is 17.1 Å². The van der Waals surface area contributed by atoms with Gasteiger partial charge in [0.15, 0.2) is 0 Å². The monoisotopic (exact) mass is 339 g/mol. The van der Waals surface area contributed by atoms with E-state index in [1.807, 2.05) is 30.3 Å². The summed E-state index contributed by atoms with van der Waals surface area (Å²) in [6.07, 6.45) is 0.388. The van der Waals surface area contributed by atoms with Gasteiger partial charge in [-0.25, -0.2) is 0 Å². The van der Waals surface area contributed by atoms with Crippen LogP contribution in [0.5, 0.6) is 0 Å². The first-order valence-corrected chi connectivity index (χ1v) is 7.59. The van der Waals surface area contributed by atoms with Crippen LogP contribution in [0.1, 0.15) is 12.0 Å². The molecule has 1 saturated carbocycles. The minimum Gasteiger partial charge on any atom is -0.325 e. The van der Waals surface area contributed by atoms with E-state index in [2.05, 4.69) is 5.32 Å². The molecule has 108 valence electrons. The van der Waals surface area contributed by atoms with Crippen LogP contribution in [-0.2, 0) is 10.2 Å². The number of alkyl halides is 2. The van der Waals surface area contributed by atoms with Crippen molar-refractivity contribution in [2.75, 3.05) is 5.32 Å². The molecule has 1 fully saturated rings. The molecule has 2 aromatic carbocycles. The minimum absolute atomic E-state index is 0.221. The summed E-state index contributed by atoms with van der Waals surface area (Å²) in [5, 5.41) is 3.40. The van der Waals surface area contributed by atoms with E-state index in [9.17, 15) is 4.79 Å². The number of hydrogen-bond acceptors (Lipinski definition) is 1. The zero-order valence-corrected chi connectivity index (χ0v) is 13.2. The first-order valence-electron chi connectivity index (χ1n) is 6.46. The van der Waals surface area contributed by atoms with Gasteiger partial charge in [-0.2, -0.15) is 0 Å². The van der Waals surface area contributed by atoms with E-state index in [-0.39, 0.29) is 5.91 Å². The molecule has 1 N–H and O–H groups in total. The number of benzene rings is 2. The molecule has 1 aliphatic carbocycles. The Labute approximate surface area is 138 Å². The third-order valence-electron chi connectivity index (χ3n) is 3.72. The Morgan fingerprint density at radius 2 is 1.71 bits per heavy atom. The Morgan fingerprint density at radius 1 is 1.05 bits per heavy atom. The van der Waals surface area contributed by atoms with Crippen molar-refractivity contribution < 1.29 is 4.79 Å². The lowest BCUT2D eigenvalue weighted by Crippen LogP contribution is -2.32. The van der Waals surface area contributed by atoms with Crippen molar-refractivity contribution in [1.29, 1.82) is 0 Å². The molecule has 21 heavy (non-hydrogen) atoms. The standard InChI is InChI=1S/C16H12Cl3NO/c17-12-7-4-8-13(9-12)20-14(21)15(10-16(15,18)19)11-5-2-1-3-6-11/h1-9H,10H2,(H,20,21)/t15-/m1/s1. The second-order valence-corrected chi connectivity index (χ2v) is 7.04. The smallest absolute Gasteiger partial charge is 0.238 e. The Hall–Kier alpha value is -1.22. The summed E-state index contributed by atoms with van der Waals surface area (Å²) >= 11 is 18.5. The van der Waals surface area contributed by atoms with Gasteiger partial charge in [-0.05, 0) is 23.8 Å². The summed E-state index contributed by atoms with van der Waals surface area (Å²) in [6, 6.07) is 16.3. The molecule has 0 spiro atoms. The van der Waals surface area contributed by atoms with Crippen molar-refractivity contribution in [3.05, 3.63) is 65.2 Å². The third-order valence-corrected chi connectivity index (χ3v) is 4.87. The van der Waals surface area contributed by atoms with Gasteiger partial charge >= 0.3 is 0 Å². The molecule has 2 nitrogen and oxygen atoms in total. The summed E-state index contributed by atoms with van der Waals surface area (Å²) in [6.45, 7) is 0. The number of amides is 1. The lowest BCUT2D eigenvalue weighted by Gasteiger charge is -2.18. The summed E-state index contributed by atoms with van der Waals surface area (Å²) < 4.78 is -1.09. The fourth-order valence-corrected chi connectivity index (χ4v) is 3.49. The molecule has 0 heterocycles. The number of carbonyl (C=O) groups excluding carboxylic acids is 1. The maximum atomic E-state index is 12.7. The van der Waals surface area contributed by atoms with Crippen LogP contribution in [0.2, 0.25) is 5.02 Å². The molecule has 0 bridgehead atoms. The van der Waals surface area contributed by atoms with Crippen LogP contribution in [0.4, 0.5) is 5.69 Å². The normalized spacial score (nSPS) is 22.6. The molecule has 3 rings (SSSR count). The maximum Gasteiger partial charge on any atom is 0.238 e. The summed E-state index contributed by atoms with van der Waals surface area (Å²) in [5.41, 5.74) is 0.521. The van der Waals surface area contributed by atoms with Crippen LogP contribution in [0.3, 0.4) is 0 Å². The van der Waals surface area contributed by atoms with Crippen LogP contribution in [0.25, 0.3) is 0 Å². The van der Waals surface area contributed by atoms with Crippen LogP contribution in [-0.4, -0.2) is 10.2 Å². The van der Waals surface area contributed by atoms with Gasteiger partial charge < -0.3 is 5.32 Å². The third kappa shape index (κ3) is 2.52. The molecule has 0 aliphatic heterocycles. The van der Waals surface area contributed by atoms with Gasteiger partial charge in [-0.3, -0.25) is 4.79 Å². The number of carbonyl (C=O) groups is 1. The lowest BCUT2D eigenvalue weighted by molar-refractivity contribution is -0.118. The summed E-state index contributed by atoms with van der Waals surface area (Å²) in [4.78, 5) is 12.7. The van der Waals surface area contributed by atoms with E-state index in [1.54, 1.807) is 24.3 Å². The maximum absolute atomic E-state index is 12.7. The number of hydrogen-bond donors (Lipinski definition) is 1. The Balaban J connectivity index is 1.91.